The molecule has 3 aliphatic rings. The molecule has 0 aliphatic carbocycles. The van der Waals surface area contributed by atoms with E-state index in [9.17, 15) is 19.2 Å². The minimum Gasteiger partial charge on any atom is -0.381 e. The second-order valence-corrected chi connectivity index (χ2v) is 12.4. The summed E-state index contributed by atoms with van der Waals surface area (Å²) in [4.78, 5) is 55.3. The number of hydrogen-bond donors (Lipinski definition) is 3. The molecule has 9 heteroatoms. The van der Waals surface area contributed by atoms with E-state index < -0.39 is 17.5 Å². The van der Waals surface area contributed by atoms with Crippen LogP contribution in [0.5, 0.6) is 0 Å². The summed E-state index contributed by atoms with van der Waals surface area (Å²) in [5.74, 6) is -0.672. The second kappa shape index (κ2) is 14.7. The lowest BCUT2D eigenvalue weighted by Gasteiger charge is -2.41. The van der Waals surface area contributed by atoms with Gasteiger partial charge in [0.2, 0.25) is 23.6 Å². The number of nitrogens with one attached hydrogen (secondary N) is 3. The molecule has 1 spiro atoms. The van der Waals surface area contributed by atoms with E-state index in [4.69, 9.17) is 4.74 Å². The number of likely N-dealkylation sites (tertiary alicyclic amines) is 1. The Kier molecular flexibility index (Phi) is 10.5. The highest BCUT2D eigenvalue weighted by Gasteiger charge is 2.42. The molecule has 9 nitrogen and oxygen atoms in total. The van der Waals surface area contributed by atoms with Crippen LogP contribution in [0.25, 0.3) is 0 Å². The fraction of sp³-hybridized carbons (Fsp3) is 0.486. The summed E-state index contributed by atoms with van der Waals surface area (Å²) >= 11 is 0. The number of fused-ring (bicyclic) bond motifs is 1. The molecular formula is C35H44N4O5. The van der Waals surface area contributed by atoms with Crippen molar-refractivity contribution in [2.45, 2.75) is 70.0 Å². The van der Waals surface area contributed by atoms with Crippen molar-refractivity contribution in [2.24, 2.45) is 11.3 Å². The van der Waals surface area contributed by atoms with Crippen molar-refractivity contribution in [3.05, 3.63) is 83.9 Å². The van der Waals surface area contributed by atoms with Crippen LogP contribution in [0, 0.1) is 11.3 Å². The maximum atomic E-state index is 13.9. The number of amides is 4. The van der Waals surface area contributed by atoms with Crippen molar-refractivity contribution in [1.82, 2.24) is 20.9 Å². The van der Waals surface area contributed by atoms with Crippen LogP contribution < -0.4 is 16.0 Å². The quantitative estimate of drug-likeness (QED) is 0.441. The molecule has 2 aromatic carbocycles. The summed E-state index contributed by atoms with van der Waals surface area (Å²) in [5, 5.41) is 9.25. The van der Waals surface area contributed by atoms with E-state index in [0.717, 1.165) is 11.1 Å². The minimum absolute atomic E-state index is 0.0132. The Balaban J connectivity index is 1.36. The van der Waals surface area contributed by atoms with Gasteiger partial charge in [-0.25, -0.2) is 0 Å². The van der Waals surface area contributed by atoms with Crippen molar-refractivity contribution in [2.75, 3.05) is 26.3 Å². The lowest BCUT2D eigenvalue weighted by Crippen LogP contribution is -2.60. The van der Waals surface area contributed by atoms with Gasteiger partial charge in [-0.15, -0.1) is 0 Å². The fourth-order valence-electron chi connectivity index (χ4n) is 6.70. The summed E-state index contributed by atoms with van der Waals surface area (Å²) in [7, 11) is 0. The summed E-state index contributed by atoms with van der Waals surface area (Å²) in [5.41, 5.74) is 1.32. The number of ether oxygens (including phenoxy) is 1. The molecule has 44 heavy (non-hydrogen) atoms. The van der Waals surface area contributed by atoms with E-state index in [1.165, 1.54) is 6.92 Å². The lowest BCUT2D eigenvalue weighted by molar-refractivity contribution is -0.141. The molecule has 0 bridgehead atoms. The zero-order valence-electron chi connectivity index (χ0n) is 25.5. The van der Waals surface area contributed by atoms with Gasteiger partial charge in [-0.3, -0.25) is 19.2 Å². The van der Waals surface area contributed by atoms with Crippen molar-refractivity contribution in [3.63, 3.8) is 0 Å². The molecule has 0 radical (unpaired) electrons. The Morgan fingerprint density at radius 1 is 0.977 bits per heavy atom. The number of carbonyl (C=O) groups excluding carboxylic acids is 4. The van der Waals surface area contributed by atoms with E-state index in [-0.39, 0.29) is 35.6 Å². The highest BCUT2D eigenvalue weighted by molar-refractivity contribution is 5.91. The number of rotatable bonds is 6. The Labute approximate surface area is 259 Å². The molecule has 3 N–H and O–H groups in total. The molecular weight excluding hydrogens is 556 g/mol. The predicted molar refractivity (Wildman–Crippen MR) is 167 cm³/mol. The number of benzene rings is 2. The molecule has 2 aromatic rings. The standard InChI is InChI=1S/C35H44N4O5/c1-25(40)36-31(23-27-12-6-3-7-13-27)33(42)39-19-15-29-28(24-39)14-8-9-16-35(17-20-44-21-18-35)34(43)38-30(32(41)37-29)22-26-10-4-2-5-11-26/h2-13,28-31H,14-24H2,1H3,(H,36,40)(H,37,41)(H,38,43)/b9-8+/t28-,29+,30-,31-/m0/s1. The average Bonchev–Trinajstić information content (AvgIpc) is 3.03. The fourth-order valence-corrected chi connectivity index (χ4v) is 6.70. The first-order valence-corrected chi connectivity index (χ1v) is 15.8. The third kappa shape index (κ3) is 7.94. The molecule has 0 saturated carbocycles. The zero-order chi connectivity index (χ0) is 30.9. The van der Waals surface area contributed by atoms with E-state index in [2.05, 4.69) is 28.1 Å². The molecule has 0 aromatic heterocycles. The summed E-state index contributed by atoms with van der Waals surface area (Å²) in [6.07, 6.45) is 8.01. The van der Waals surface area contributed by atoms with Crippen molar-refractivity contribution >= 4 is 23.6 Å². The topological polar surface area (TPSA) is 117 Å². The Morgan fingerprint density at radius 3 is 2.34 bits per heavy atom. The number of hydrogen-bond acceptors (Lipinski definition) is 5. The lowest BCUT2D eigenvalue weighted by atomic mass is 9.75. The smallest absolute Gasteiger partial charge is 0.245 e. The van der Waals surface area contributed by atoms with Gasteiger partial charge in [0.25, 0.3) is 0 Å². The predicted octanol–water partition coefficient (Wildman–Crippen LogP) is 2.94. The van der Waals surface area contributed by atoms with Crippen molar-refractivity contribution < 1.29 is 23.9 Å². The van der Waals surface area contributed by atoms with Crippen molar-refractivity contribution in [3.8, 4) is 0 Å². The van der Waals surface area contributed by atoms with Crippen LogP contribution in [0.2, 0.25) is 0 Å². The van der Waals surface area contributed by atoms with Gasteiger partial charge in [0, 0.05) is 58.0 Å². The Bertz CT molecular complexity index is 1330. The van der Waals surface area contributed by atoms with E-state index in [1.54, 1.807) is 0 Å². The molecule has 5 rings (SSSR count). The molecule has 234 valence electrons. The molecule has 3 aliphatic heterocycles. The summed E-state index contributed by atoms with van der Waals surface area (Å²) in [6.45, 7) is 3.38. The van der Waals surface area contributed by atoms with Gasteiger partial charge in [0.05, 0.1) is 5.41 Å². The van der Waals surface area contributed by atoms with Gasteiger partial charge >= 0.3 is 0 Å². The largest absolute Gasteiger partial charge is 0.381 e. The normalized spacial score (nSPS) is 25.3. The van der Waals surface area contributed by atoms with Gasteiger partial charge < -0.3 is 25.6 Å². The maximum absolute atomic E-state index is 13.9. The van der Waals surface area contributed by atoms with Gasteiger partial charge in [-0.2, -0.15) is 0 Å². The first-order chi connectivity index (χ1) is 21.3. The van der Waals surface area contributed by atoms with E-state index >= 15 is 0 Å². The van der Waals surface area contributed by atoms with Crippen LogP contribution in [0.15, 0.2) is 72.8 Å². The number of nitrogens with zero attached hydrogens (tertiary/aromatic N) is 1. The second-order valence-electron chi connectivity index (χ2n) is 12.4. The first-order valence-electron chi connectivity index (χ1n) is 15.8. The highest BCUT2D eigenvalue weighted by Crippen LogP contribution is 2.36. The molecule has 4 amide bonds. The SMILES string of the molecule is CC(=O)N[C@@H](Cc1ccccc1)C(=O)N1CC[C@H]2NC(=O)[C@H](Cc3ccccc3)NC(=O)C3(C/C=C/C[C@H]2C1)CCOCC3. The van der Waals surface area contributed by atoms with E-state index in [1.807, 2.05) is 65.6 Å². The van der Waals surface area contributed by atoms with Gasteiger partial charge in [0.1, 0.15) is 12.1 Å². The third-order valence-electron chi connectivity index (χ3n) is 9.28. The third-order valence-corrected chi connectivity index (χ3v) is 9.28. The minimum atomic E-state index is -0.719. The van der Waals surface area contributed by atoms with Gasteiger partial charge in [-0.05, 0) is 43.2 Å². The number of allylic oxidation sites excluding steroid dienone is 2. The van der Waals surface area contributed by atoms with E-state index in [0.29, 0.717) is 71.2 Å². The van der Waals surface area contributed by atoms with Crippen LogP contribution in [-0.4, -0.2) is 73.0 Å². The van der Waals surface area contributed by atoms with Crippen LogP contribution >= 0.6 is 0 Å². The maximum Gasteiger partial charge on any atom is 0.245 e. The van der Waals surface area contributed by atoms with Gasteiger partial charge in [0.15, 0.2) is 0 Å². The molecule has 2 saturated heterocycles. The Hall–Kier alpha value is -3.98. The summed E-state index contributed by atoms with van der Waals surface area (Å²) in [6, 6.07) is 17.9. The van der Waals surface area contributed by atoms with Crippen LogP contribution in [-0.2, 0) is 36.8 Å². The number of piperidine rings is 1. The highest BCUT2D eigenvalue weighted by atomic mass is 16.5. The number of carbonyl (C=O) groups is 4. The monoisotopic (exact) mass is 600 g/mol. The summed E-state index contributed by atoms with van der Waals surface area (Å²) < 4.78 is 5.60. The van der Waals surface area contributed by atoms with Crippen molar-refractivity contribution in [1.29, 1.82) is 0 Å². The molecule has 0 unspecified atom stereocenters. The van der Waals surface area contributed by atoms with Crippen LogP contribution in [0.4, 0.5) is 0 Å². The molecule has 4 atom stereocenters. The van der Waals surface area contributed by atoms with Gasteiger partial charge in [-0.1, -0.05) is 72.8 Å². The average molecular weight is 601 g/mol. The first kappa shape index (κ1) is 31.4. The molecule has 2 fully saturated rings. The Morgan fingerprint density at radius 2 is 1.66 bits per heavy atom. The van der Waals surface area contributed by atoms with Crippen LogP contribution in [0.3, 0.4) is 0 Å². The zero-order valence-corrected chi connectivity index (χ0v) is 25.5. The van der Waals surface area contributed by atoms with Crippen LogP contribution in [0.1, 0.15) is 50.2 Å². The molecule has 3 heterocycles.